The first-order valence-corrected chi connectivity index (χ1v) is 4.57. The Morgan fingerprint density at radius 1 is 1.13 bits per heavy atom. The molecule has 0 saturated heterocycles. The Hall–Kier alpha value is -2.23. The second-order valence-electron chi connectivity index (χ2n) is 3.27. The number of nitrogens with zero attached hydrogens (tertiary/aromatic N) is 3. The van der Waals surface area contributed by atoms with Gasteiger partial charge in [0.05, 0.1) is 0 Å². The Balaban J connectivity index is 2.63. The number of aromatic nitrogens is 3. The number of hydrogen-bond acceptors (Lipinski definition) is 3. The van der Waals surface area contributed by atoms with Crippen molar-refractivity contribution in [2.24, 2.45) is 0 Å². The molecule has 4 nitrogen and oxygen atoms in total. The molecule has 1 aromatic carbocycles. The topological polar surface area (TPSA) is 47.3 Å². The van der Waals surface area contributed by atoms with Crippen LogP contribution in [0.25, 0.3) is 16.4 Å². The maximum Gasteiger partial charge on any atom is 0.370 e. The SMILES string of the molecule is O=c1ncn2ccc3ccccc3c2n1. The van der Waals surface area contributed by atoms with Gasteiger partial charge in [0.25, 0.3) is 0 Å². The molecule has 0 N–H and O–H groups in total. The lowest BCUT2D eigenvalue weighted by molar-refractivity contribution is 0.969. The Morgan fingerprint density at radius 2 is 2.00 bits per heavy atom. The molecule has 0 bridgehead atoms. The fourth-order valence-electron chi connectivity index (χ4n) is 1.66. The van der Waals surface area contributed by atoms with E-state index in [1.807, 2.05) is 36.5 Å². The zero-order chi connectivity index (χ0) is 10.3. The summed E-state index contributed by atoms with van der Waals surface area (Å²) >= 11 is 0. The summed E-state index contributed by atoms with van der Waals surface area (Å²) in [5.74, 6) is 0. The lowest BCUT2D eigenvalue weighted by Crippen LogP contribution is -2.12. The van der Waals surface area contributed by atoms with Crippen molar-refractivity contribution >= 4 is 16.4 Å². The van der Waals surface area contributed by atoms with Crippen LogP contribution < -0.4 is 5.69 Å². The second kappa shape index (κ2) is 2.88. The molecule has 0 atom stereocenters. The highest BCUT2D eigenvalue weighted by Gasteiger charge is 2.00. The lowest BCUT2D eigenvalue weighted by atomic mass is 10.2. The molecule has 3 aromatic rings. The summed E-state index contributed by atoms with van der Waals surface area (Å²) < 4.78 is 1.74. The zero-order valence-electron chi connectivity index (χ0n) is 7.79. The Kier molecular flexibility index (Phi) is 1.56. The van der Waals surface area contributed by atoms with E-state index in [0.717, 1.165) is 10.8 Å². The Morgan fingerprint density at radius 3 is 2.93 bits per heavy atom. The Bertz CT molecular complexity index is 703. The normalized spacial score (nSPS) is 10.9. The van der Waals surface area contributed by atoms with E-state index in [0.29, 0.717) is 5.65 Å². The minimum Gasteiger partial charge on any atom is -0.291 e. The summed E-state index contributed by atoms with van der Waals surface area (Å²) in [6.07, 6.45) is 3.33. The third kappa shape index (κ3) is 1.19. The van der Waals surface area contributed by atoms with Crippen molar-refractivity contribution in [3.8, 4) is 0 Å². The van der Waals surface area contributed by atoms with Crippen molar-refractivity contribution < 1.29 is 0 Å². The molecule has 2 heterocycles. The first-order chi connectivity index (χ1) is 7.34. The highest BCUT2D eigenvalue weighted by molar-refractivity contribution is 5.93. The van der Waals surface area contributed by atoms with Gasteiger partial charge in [0.2, 0.25) is 0 Å². The van der Waals surface area contributed by atoms with Gasteiger partial charge < -0.3 is 0 Å². The van der Waals surface area contributed by atoms with Gasteiger partial charge in [-0.2, -0.15) is 9.97 Å². The molecule has 0 aliphatic rings. The van der Waals surface area contributed by atoms with Gasteiger partial charge in [0.15, 0.2) is 5.65 Å². The summed E-state index contributed by atoms with van der Waals surface area (Å²) in [6, 6.07) is 9.78. The number of pyridine rings is 1. The molecule has 15 heavy (non-hydrogen) atoms. The van der Waals surface area contributed by atoms with Crippen molar-refractivity contribution in [1.29, 1.82) is 0 Å². The monoisotopic (exact) mass is 197 g/mol. The van der Waals surface area contributed by atoms with E-state index < -0.39 is 5.69 Å². The van der Waals surface area contributed by atoms with E-state index in [-0.39, 0.29) is 0 Å². The van der Waals surface area contributed by atoms with Gasteiger partial charge in [-0.25, -0.2) is 4.79 Å². The van der Waals surface area contributed by atoms with Crippen molar-refractivity contribution in [3.63, 3.8) is 0 Å². The molecule has 0 aliphatic heterocycles. The molecule has 3 rings (SSSR count). The number of benzene rings is 1. The highest BCUT2D eigenvalue weighted by atomic mass is 16.1. The highest BCUT2D eigenvalue weighted by Crippen LogP contribution is 2.16. The summed E-state index contributed by atoms with van der Waals surface area (Å²) in [6.45, 7) is 0. The van der Waals surface area contributed by atoms with Crippen molar-refractivity contribution in [2.45, 2.75) is 0 Å². The first kappa shape index (κ1) is 8.11. The molecule has 4 heteroatoms. The fraction of sp³-hybridized carbons (Fsp3) is 0. The third-order valence-electron chi connectivity index (χ3n) is 2.36. The molecule has 0 amide bonds. The molecule has 0 unspecified atom stereocenters. The summed E-state index contributed by atoms with van der Waals surface area (Å²) in [7, 11) is 0. The predicted molar refractivity (Wildman–Crippen MR) is 56.8 cm³/mol. The lowest BCUT2D eigenvalue weighted by Gasteiger charge is -2.02. The van der Waals surface area contributed by atoms with Crippen LogP contribution in [0.2, 0.25) is 0 Å². The minimum absolute atomic E-state index is 0.452. The van der Waals surface area contributed by atoms with E-state index in [4.69, 9.17) is 0 Å². The molecule has 72 valence electrons. The van der Waals surface area contributed by atoms with Gasteiger partial charge in [0, 0.05) is 11.6 Å². The van der Waals surface area contributed by atoms with Gasteiger partial charge >= 0.3 is 5.69 Å². The molecule has 2 aromatic heterocycles. The fourth-order valence-corrected chi connectivity index (χ4v) is 1.66. The molecule has 0 radical (unpaired) electrons. The predicted octanol–water partition coefficient (Wildman–Crippen LogP) is 1.24. The van der Waals surface area contributed by atoms with E-state index in [2.05, 4.69) is 9.97 Å². The van der Waals surface area contributed by atoms with Crippen LogP contribution in [-0.2, 0) is 0 Å². The van der Waals surface area contributed by atoms with Crippen LogP contribution in [-0.4, -0.2) is 14.4 Å². The van der Waals surface area contributed by atoms with Crippen LogP contribution in [0.5, 0.6) is 0 Å². The van der Waals surface area contributed by atoms with Crippen LogP contribution in [0.1, 0.15) is 0 Å². The standard InChI is InChI=1S/C11H7N3O/c15-11-12-7-14-6-5-8-3-1-2-4-9(8)10(14)13-11/h1-7H. The molecular weight excluding hydrogens is 190 g/mol. The molecule has 0 spiro atoms. The van der Waals surface area contributed by atoms with Gasteiger partial charge in [-0.05, 0) is 11.5 Å². The number of rotatable bonds is 0. The molecule has 0 fully saturated rings. The van der Waals surface area contributed by atoms with Crippen LogP contribution >= 0.6 is 0 Å². The second-order valence-corrected chi connectivity index (χ2v) is 3.27. The summed E-state index contributed by atoms with van der Waals surface area (Å²) in [5.41, 5.74) is 0.194. The van der Waals surface area contributed by atoms with E-state index in [9.17, 15) is 4.79 Å². The van der Waals surface area contributed by atoms with Gasteiger partial charge in [0.1, 0.15) is 6.33 Å². The van der Waals surface area contributed by atoms with Crippen molar-refractivity contribution in [3.05, 3.63) is 53.3 Å². The van der Waals surface area contributed by atoms with E-state index >= 15 is 0 Å². The van der Waals surface area contributed by atoms with E-state index in [1.54, 1.807) is 4.40 Å². The van der Waals surface area contributed by atoms with Crippen LogP contribution in [0, 0.1) is 0 Å². The molecule has 0 saturated carbocycles. The van der Waals surface area contributed by atoms with Crippen molar-refractivity contribution in [2.75, 3.05) is 0 Å². The average Bonchev–Trinajstić information content (AvgIpc) is 2.29. The Labute approximate surface area is 84.8 Å². The smallest absolute Gasteiger partial charge is 0.291 e. The van der Waals surface area contributed by atoms with Gasteiger partial charge in [-0.15, -0.1) is 0 Å². The van der Waals surface area contributed by atoms with Crippen LogP contribution in [0.15, 0.2) is 47.7 Å². The average molecular weight is 197 g/mol. The first-order valence-electron chi connectivity index (χ1n) is 4.57. The largest absolute Gasteiger partial charge is 0.370 e. The van der Waals surface area contributed by atoms with Gasteiger partial charge in [-0.3, -0.25) is 4.40 Å². The van der Waals surface area contributed by atoms with E-state index in [1.165, 1.54) is 6.33 Å². The maximum atomic E-state index is 11.1. The van der Waals surface area contributed by atoms with Crippen molar-refractivity contribution in [1.82, 2.24) is 14.4 Å². The molecule has 0 aliphatic carbocycles. The van der Waals surface area contributed by atoms with Crippen LogP contribution in [0.4, 0.5) is 0 Å². The molecular formula is C11H7N3O. The number of fused-ring (bicyclic) bond motifs is 3. The quantitative estimate of drug-likeness (QED) is 0.509. The van der Waals surface area contributed by atoms with Crippen LogP contribution in [0.3, 0.4) is 0 Å². The number of hydrogen-bond donors (Lipinski definition) is 0. The zero-order valence-corrected chi connectivity index (χ0v) is 7.79. The minimum atomic E-state index is -0.452. The third-order valence-corrected chi connectivity index (χ3v) is 2.36. The summed E-state index contributed by atoms with van der Waals surface area (Å²) in [4.78, 5) is 18.6. The maximum absolute atomic E-state index is 11.1. The summed E-state index contributed by atoms with van der Waals surface area (Å²) in [5, 5.41) is 2.02. The van der Waals surface area contributed by atoms with Gasteiger partial charge in [-0.1, -0.05) is 24.3 Å².